The third-order valence-corrected chi connectivity index (χ3v) is 6.23. The molecule has 0 radical (unpaired) electrons. The van der Waals surface area contributed by atoms with Crippen LogP contribution in [0.2, 0.25) is 0 Å². The van der Waals surface area contributed by atoms with E-state index < -0.39 is 10.0 Å². The summed E-state index contributed by atoms with van der Waals surface area (Å²) in [5, 5.41) is 9.60. The minimum Gasteiger partial charge on any atom is -0.307 e. The van der Waals surface area contributed by atoms with Crippen molar-refractivity contribution in [3.8, 4) is 0 Å². The average molecular weight is 329 g/mol. The Kier molecular flexibility index (Phi) is 5.71. The van der Waals surface area contributed by atoms with E-state index in [2.05, 4.69) is 18.5 Å². The molecule has 1 aliphatic rings. The first-order valence-electron chi connectivity index (χ1n) is 7.31. The highest BCUT2D eigenvalue weighted by atomic mass is 32.2. The summed E-state index contributed by atoms with van der Waals surface area (Å²) in [6.07, 6.45) is 7.06. The molecule has 0 aliphatic heterocycles. The Labute approximate surface area is 131 Å². The molecule has 1 aromatic carbocycles. The predicted molar refractivity (Wildman–Crippen MR) is 88.9 cm³/mol. The van der Waals surface area contributed by atoms with Gasteiger partial charge in [0.25, 0.3) is 0 Å². The summed E-state index contributed by atoms with van der Waals surface area (Å²) in [4.78, 5) is 0.180. The molecule has 1 unspecified atom stereocenters. The van der Waals surface area contributed by atoms with Crippen LogP contribution in [0.3, 0.4) is 0 Å². The Balaban J connectivity index is 1.99. The summed E-state index contributed by atoms with van der Waals surface area (Å²) >= 11 is 1.96. The predicted octanol–water partition coefficient (Wildman–Crippen LogP) is 2.66. The molecule has 1 saturated carbocycles. The van der Waals surface area contributed by atoms with E-state index >= 15 is 0 Å². The fraction of sp³-hybridized carbons (Fsp3) is 0.600. The number of sulfonamides is 1. The molecule has 0 heterocycles. The van der Waals surface area contributed by atoms with E-state index in [0.717, 1.165) is 10.8 Å². The molecule has 6 heteroatoms. The van der Waals surface area contributed by atoms with Crippen molar-refractivity contribution in [3.05, 3.63) is 29.8 Å². The van der Waals surface area contributed by atoms with Gasteiger partial charge in [-0.3, -0.25) is 0 Å². The lowest BCUT2D eigenvalue weighted by Crippen LogP contribution is -2.35. The highest BCUT2D eigenvalue weighted by molar-refractivity contribution is 7.99. The molecule has 0 aromatic heterocycles. The van der Waals surface area contributed by atoms with Crippen LogP contribution in [0, 0.1) is 0 Å². The number of primary sulfonamides is 1. The standard InChI is InChI=1S/C15H24N2O2S2/c1-11(17-13-6-8-14(20-2)9-7-13)12-4-3-5-15(10-12)21(16,18)19/h3-5,10-11,13-14,17H,6-9H2,1-2H3,(H2,16,18,19). The zero-order valence-electron chi connectivity index (χ0n) is 12.6. The fourth-order valence-corrected chi connectivity index (χ4v) is 4.19. The summed E-state index contributed by atoms with van der Waals surface area (Å²) in [5.41, 5.74) is 0.966. The molecule has 1 fully saturated rings. The molecule has 2 rings (SSSR count). The first-order valence-corrected chi connectivity index (χ1v) is 10.1. The Morgan fingerprint density at radius 3 is 2.52 bits per heavy atom. The van der Waals surface area contributed by atoms with Crippen molar-refractivity contribution in [1.82, 2.24) is 5.32 Å². The van der Waals surface area contributed by atoms with E-state index in [4.69, 9.17) is 5.14 Å². The van der Waals surface area contributed by atoms with Gasteiger partial charge in [-0.2, -0.15) is 11.8 Å². The first-order chi connectivity index (χ1) is 9.90. The number of thioether (sulfide) groups is 1. The zero-order valence-corrected chi connectivity index (χ0v) is 14.2. The van der Waals surface area contributed by atoms with Crippen molar-refractivity contribution in [3.63, 3.8) is 0 Å². The molecule has 1 aliphatic carbocycles. The quantitative estimate of drug-likeness (QED) is 0.871. The van der Waals surface area contributed by atoms with Crippen molar-refractivity contribution >= 4 is 21.8 Å². The minimum atomic E-state index is -3.63. The third-order valence-electron chi connectivity index (χ3n) is 4.18. The number of nitrogens with one attached hydrogen (secondary N) is 1. The molecule has 0 spiro atoms. The van der Waals surface area contributed by atoms with Gasteiger partial charge in [0.05, 0.1) is 4.90 Å². The second-order valence-corrected chi connectivity index (χ2v) is 8.41. The Morgan fingerprint density at radius 1 is 1.29 bits per heavy atom. The van der Waals surface area contributed by atoms with Crippen LogP contribution < -0.4 is 10.5 Å². The van der Waals surface area contributed by atoms with Crippen LogP contribution in [-0.2, 0) is 10.0 Å². The molecule has 0 saturated heterocycles. The summed E-state index contributed by atoms with van der Waals surface area (Å²) in [5.74, 6) is 0. The molecule has 0 bridgehead atoms. The molecule has 21 heavy (non-hydrogen) atoms. The zero-order chi connectivity index (χ0) is 15.5. The number of rotatable bonds is 5. The van der Waals surface area contributed by atoms with Gasteiger partial charge < -0.3 is 5.32 Å². The van der Waals surface area contributed by atoms with Crippen LogP contribution in [0.25, 0.3) is 0 Å². The monoisotopic (exact) mass is 328 g/mol. The van der Waals surface area contributed by atoms with Crippen LogP contribution in [0.5, 0.6) is 0 Å². The largest absolute Gasteiger partial charge is 0.307 e. The highest BCUT2D eigenvalue weighted by Crippen LogP contribution is 2.28. The van der Waals surface area contributed by atoms with Crippen molar-refractivity contribution in [1.29, 1.82) is 0 Å². The lowest BCUT2D eigenvalue weighted by atomic mass is 9.94. The van der Waals surface area contributed by atoms with Gasteiger partial charge in [0.1, 0.15) is 0 Å². The molecule has 1 aromatic rings. The molecule has 4 nitrogen and oxygen atoms in total. The van der Waals surface area contributed by atoms with Crippen LogP contribution in [0.1, 0.15) is 44.2 Å². The van der Waals surface area contributed by atoms with Gasteiger partial charge in [-0.25, -0.2) is 13.6 Å². The topological polar surface area (TPSA) is 72.2 Å². The van der Waals surface area contributed by atoms with Gasteiger partial charge in [0, 0.05) is 17.3 Å². The first kappa shape index (κ1) is 16.8. The summed E-state index contributed by atoms with van der Waals surface area (Å²) in [7, 11) is -3.63. The van der Waals surface area contributed by atoms with E-state index in [9.17, 15) is 8.42 Å². The Hall–Kier alpha value is -0.560. The van der Waals surface area contributed by atoms with Gasteiger partial charge >= 0.3 is 0 Å². The molecular formula is C15H24N2O2S2. The van der Waals surface area contributed by atoms with Crippen molar-refractivity contribution in [2.45, 2.75) is 54.8 Å². The van der Waals surface area contributed by atoms with E-state index in [-0.39, 0.29) is 10.9 Å². The smallest absolute Gasteiger partial charge is 0.238 e. The maximum Gasteiger partial charge on any atom is 0.238 e. The number of hydrogen-bond donors (Lipinski definition) is 2. The number of hydrogen-bond acceptors (Lipinski definition) is 4. The lowest BCUT2D eigenvalue weighted by molar-refractivity contribution is 0.352. The van der Waals surface area contributed by atoms with Gasteiger partial charge in [0.15, 0.2) is 0 Å². The van der Waals surface area contributed by atoms with E-state index in [0.29, 0.717) is 6.04 Å². The number of benzene rings is 1. The van der Waals surface area contributed by atoms with E-state index in [1.54, 1.807) is 12.1 Å². The Morgan fingerprint density at radius 2 is 1.95 bits per heavy atom. The fourth-order valence-electron chi connectivity index (χ4n) is 2.88. The average Bonchev–Trinajstić information content (AvgIpc) is 2.47. The normalized spacial score (nSPS) is 24.7. The lowest BCUT2D eigenvalue weighted by Gasteiger charge is -2.30. The van der Waals surface area contributed by atoms with Crippen LogP contribution in [0.15, 0.2) is 29.2 Å². The van der Waals surface area contributed by atoms with Crippen molar-refractivity contribution in [2.75, 3.05) is 6.26 Å². The van der Waals surface area contributed by atoms with Gasteiger partial charge in [-0.15, -0.1) is 0 Å². The Bertz CT molecular complexity index is 567. The van der Waals surface area contributed by atoms with Crippen molar-refractivity contribution in [2.24, 2.45) is 5.14 Å². The van der Waals surface area contributed by atoms with Crippen LogP contribution in [-0.4, -0.2) is 26.0 Å². The molecular weight excluding hydrogens is 304 g/mol. The number of nitrogens with two attached hydrogens (primary N) is 1. The second-order valence-electron chi connectivity index (χ2n) is 5.72. The maximum atomic E-state index is 11.4. The second kappa shape index (κ2) is 7.13. The molecule has 0 amide bonds. The minimum absolute atomic E-state index is 0.127. The van der Waals surface area contributed by atoms with E-state index in [1.807, 2.05) is 17.8 Å². The van der Waals surface area contributed by atoms with Gasteiger partial charge in [-0.05, 0) is 56.6 Å². The SMILES string of the molecule is CSC1CCC(NC(C)c2cccc(S(N)(=O)=O)c2)CC1. The molecule has 1 atom stereocenters. The summed E-state index contributed by atoms with van der Waals surface area (Å²) in [6.45, 7) is 2.07. The third kappa shape index (κ3) is 4.71. The summed E-state index contributed by atoms with van der Waals surface area (Å²) < 4.78 is 22.8. The van der Waals surface area contributed by atoms with Crippen molar-refractivity contribution < 1.29 is 8.42 Å². The van der Waals surface area contributed by atoms with E-state index in [1.165, 1.54) is 31.7 Å². The summed E-state index contributed by atoms with van der Waals surface area (Å²) in [6, 6.07) is 7.54. The molecule has 118 valence electrons. The van der Waals surface area contributed by atoms with Crippen LogP contribution in [0.4, 0.5) is 0 Å². The van der Waals surface area contributed by atoms with Crippen LogP contribution >= 0.6 is 11.8 Å². The maximum absolute atomic E-state index is 11.4. The van der Waals surface area contributed by atoms with Gasteiger partial charge in [0.2, 0.25) is 10.0 Å². The molecule has 3 N–H and O–H groups in total. The highest BCUT2D eigenvalue weighted by Gasteiger charge is 2.22. The van der Waals surface area contributed by atoms with Gasteiger partial charge in [-0.1, -0.05) is 12.1 Å².